The lowest BCUT2D eigenvalue weighted by Gasteiger charge is -2.36. The van der Waals surface area contributed by atoms with Gasteiger partial charge in [-0.2, -0.15) is 0 Å². The van der Waals surface area contributed by atoms with Gasteiger partial charge in [-0.3, -0.25) is 9.69 Å². The Balaban J connectivity index is 1.31. The van der Waals surface area contributed by atoms with Gasteiger partial charge in [0.1, 0.15) is 5.65 Å². The Kier molecular flexibility index (Phi) is 4.46. The number of pyridine rings is 1. The number of carbonyl (C=O) groups excluding carboxylic acids is 1. The van der Waals surface area contributed by atoms with Gasteiger partial charge in [-0.1, -0.05) is 6.07 Å². The predicted octanol–water partition coefficient (Wildman–Crippen LogP) is 0.394. The van der Waals surface area contributed by atoms with Crippen LogP contribution in [0.15, 0.2) is 30.6 Å². The van der Waals surface area contributed by atoms with Crippen molar-refractivity contribution in [2.75, 3.05) is 46.0 Å². The van der Waals surface area contributed by atoms with Crippen LogP contribution in [-0.2, 0) is 20.8 Å². The normalized spacial score (nSPS) is 22.8. The van der Waals surface area contributed by atoms with Crippen molar-refractivity contribution in [3.05, 3.63) is 36.3 Å². The van der Waals surface area contributed by atoms with E-state index in [1.807, 2.05) is 33.7 Å². The van der Waals surface area contributed by atoms with E-state index in [-0.39, 0.29) is 5.91 Å². The molecule has 1 amide bonds. The number of amides is 1. The monoisotopic (exact) mass is 330 g/mol. The third-order valence-corrected chi connectivity index (χ3v) is 4.57. The Hall–Kier alpha value is -1.96. The molecule has 2 aromatic rings. The number of hydrogen-bond donors (Lipinski definition) is 0. The molecule has 1 atom stereocenters. The highest BCUT2D eigenvalue weighted by molar-refractivity contribution is 5.81. The fourth-order valence-corrected chi connectivity index (χ4v) is 3.25. The summed E-state index contributed by atoms with van der Waals surface area (Å²) in [5.41, 5.74) is 2.03. The molecule has 0 saturated carbocycles. The van der Waals surface area contributed by atoms with Crippen molar-refractivity contribution in [3.63, 3.8) is 0 Å². The quantitative estimate of drug-likeness (QED) is 0.815. The SMILES string of the molecule is O=C([C@H]1COCCO1)N1CCN(Cc2cn3ccccc3n2)CC1. The molecule has 2 aliphatic rings. The lowest BCUT2D eigenvalue weighted by atomic mass is 10.2. The highest BCUT2D eigenvalue weighted by atomic mass is 16.6. The summed E-state index contributed by atoms with van der Waals surface area (Å²) < 4.78 is 12.9. The van der Waals surface area contributed by atoms with Crippen LogP contribution in [0.2, 0.25) is 0 Å². The lowest BCUT2D eigenvalue weighted by Crippen LogP contribution is -2.53. The molecule has 2 saturated heterocycles. The van der Waals surface area contributed by atoms with E-state index in [4.69, 9.17) is 9.47 Å². The molecule has 0 unspecified atom stereocenters. The number of imidazole rings is 1. The van der Waals surface area contributed by atoms with Gasteiger partial charge >= 0.3 is 0 Å². The Labute approximate surface area is 140 Å². The van der Waals surface area contributed by atoms with Gasteiger partial charge in [0.25, 0.3) is 5.91 Å². The second-order valence-corrected chi connectivity index (χ2v) is 6.23. The van der Waals surface area contributed by atoms with Crippen LogP contribution in [0.3, 0.4) is 0 Å². The van der Waals surface area contributed by atoms with Crippen LogP contribution in [0.1, 0.15) is 5.69 Å². The van der Waals surface area contributed by atoms with Crippen LogP contribution >= 0.6 is 0 Å². The van der Waals surface area contributed by atoms with E-state index in [0.717, 1.165) is 44.1 Å². The molecule has 0 radical (unpaired) electrons. The van der Waals surface area contributed by atoms with Crippen molar-refractivity contribution in [3.8, 4) is 0 Å². The van der Waals surface area contributed by atoms with Crippen LogP contribution in [0.5, 0.6) is 0 Å². The molecule has 4 heterocycles. The maximum absolute atomic E-state index is 12.4. The lowest BCUT2D eigenvalue weighted by molar-refractivity contribution is -0.159. The molecule has 0 bridgehead atoms. The molecule has 7 heteroatoms. The van der Waals surface area contributed by atoms with Crippen LogP contribution in [0.25, 0.3) is 5.65 Å². The number of carbonyl (C=O) groups is 1. The highest BCUT2D eigenvalue weighted by Crippen LogP contribution is 2.12. The van der Waals surface area contributed by atoms with E-state index in [9.17, 15) is 4.79 Å². The minimum atomic E-state index is -0.427. The van der Waals surface area contributed by atoms with Gasteiger partial charge < -0.3 is 18.8 Å². The predicted molar refractivity (Wildman–Crippen MR) is 87.6 cm³/mol. The van der Waals surface area contributed by atoms with Crippen molar-refractivity contribution in [2.24, 2.45) is 0 Å². The molecule has 24 heavy (non-hydrogen) atoms. The van der Waals surface area contributed by atoms with E-state index in [0.29, 0.717) is 19.8 Å². The Morgan fingerprint density at radius 3 is 2.83 bits per heavy atom. The largest absolute Gasteiger partial charge is 0.376 e. The number of fused-ring (bicyclic) bond motifs is 1. The summed E-state index contributed by atoms with van der Waals surface area (Å²) in [6.45, 7) is 5.44. The standard InChI is InChI=1S/C17H22N4O3/c22-17(15-13-23-9-10-24-15)20-7-5-19(6-8-20)11-14-12-21-4-2-1-3-16(21)18-14/h1-4,12,15H,5-11,13H2/t15-/m1/s1. The number of aromatic nitrogens is 2. The van der Waals surface area contributed by atoms with E-state index in [2.05, 4.69) is 16.1 Å². The van der Waals surface area contributed by atoms with Crippen molar-refractivity contribution in [2.45, 2.75) is 12.6 Å². The number of ether oxygens (including phenoxy) is 2. The second-order valence-electron chi connectivity index (χ2n) is 6.23. The summed E-state index contributed by atoms with van der Waals surface area (Å²) in [6.07, 6.45) is 3.65. The molecule has 0 N–H and O–H groups in total. The smallest absolute Gasteiger partial charge is 0.254 e. The van der Waals surface area contributed by atoms with Crippen LogP contribution in [0.4, 0.5) is 0 Å². The molecule has 128 valence electrons. The fraction of sp³-hybridized carbons (Fsp3) is 0.529. The van der Waals surface area contributed by atoms with Gasteiger partial charge in [-0.15, -0.1) is 0 Å². The van der Waals surface area contributed by atoms with Gasteiger partial charge in [-0.25, -0.2) is 4.98 Å². The minimum absolute atomic E-state index is 0.0575. The zero-order valence-electron chi connectivity index (χ0n) is 13.6. The summed E-state index contributed by atoms with van der Waals surface area (Å²) in [4.78, 5) is 21.3. The van der Waals surface area contributed by atoms with Gasteiger partial charge in [-0.05, 0) is 12.1 Å². The molecule has 0 aromatic carbocycles. The van der Waals surface area contributed by atoms with Gasteiger partial charge in [0, 0.05) is 45.1 Å². The fourth-order valence-electron chi connectivity index (χ4n) is 3.25. The first-order valence-corrected chi connectivity index (χ1v) is 8.43. The third-order valence-electron chi connectivity index (χ3n) is 4.57. The second kappa shape index (κ2) is 6.88. The zero-order valence-corrected chi connectivity index (χ0v) is 13.6. The van der Waals surface area contributed by atoms with Crippen molar-refractivity contribution >= 4 is 11.6 Å². The highest BCUT2D eigenvalue weighted by Gasteiger charge is 2.29. The zero-order chi connectivity index (χ0) is 16.4. The average Bonchev–Trinajstić information content (AvgIpc) is 3.05. The molecule has 0 spiro atoms. The molecular formula is C17H22N4O3. The van der Waals surface area contributed by atoms with E-state index >= 15 is 0 Å². The molecule has 7 nitrogen and oxygen atoms in total. The Morgan fingerprint density at radius 1 is 1.21 bits per heavy atom. The molecule has 4 rings (SSSR count). The topological polar surface area (TPSA) is 59.3 Å². The number of nitrogens with zero attached hydrogens (tertiary/aromatic N) is 4. The van der Waals surface area contributed by atoms with Crippen molar-refractivity contribution in [1.29, 1.82) is 0 Å². The summed E-state index contributed by atoms with van der Waals surface area (Å²) in [7, 11) is 0. The van der Waals surface area contributed by atoms with Crippen LogP contribution in [0, 0.1) is 0 Å². The average molecular weight is 330 g/mol. The van der Waals surface area contributed by atoms with Crippen LogP contribution in [-0.4, -0.2) is 77.2 Å². The summed E-state index contributed by atoms with van der Waals surface area (Å²) in [5.74, 6) is 0.0575. The molecule has 2 aliphatic heterocycles. The Bertz CT molecular complexity index is 670. The third kappa shape index (κ3) is 3.28. The first-order chi connectivity index (χ1) is 11.8. The summed E-state index contributed by atoms with van der Waals surface area (Å²) in [5, 5.41) is 0. The van der Waals surface area contributed by atoms with Gasteiger partial charge in [0.05, 0.1) is 25.5 Å². The summed E-state index contributed by atoms with van der Waals surface area (Å²) in [6, 6.07) is 6.00. The minimum Gasteiger partial charge on any atom is -0.376 e. The first kappa shape index (κ1) is 15.6. The molecule has 2 aromatic heterocycles. The van der Waals surface area contributed by atoms with E-state index in [1.54, 1.807) is 0 Å². The van der Waals surface area contributed by atoms with Crippen LogP contribution < -0.4 is 0 Å². The number of piperazine rings is 1. The van der Waals surface area contributed by atoms with Gasteiger partial charge in [0.15, 0.2) is 6.10 Å². The first-order valence-electron chi connectivity index (χ1n) is 8.43. The maximum Gasteiger partial charge on any atom is 0.254 e. The summed E-state index contributed by atoms with van der Waals surface area (Å²) >= 11 is 0. The maximum atomic E-state index is 12.4. The van der Waals surface area contributed by atoms with E-state index < -0.39 is 6.10 Å². The van der Waals surface area contributed by atoms with Crippen molar-refractivity contribution < 1.29 is 14.3 Å². The number of hydrogen-bond acceptors (Lipinski definition) is 5. The van der Waals surface area contributed by atoms with E-state index in [1.165, 1.54) is 0 Å². The van der Waals surface area contributed by atoms with Crippen molar-refractivity contribution in [1.82, 2.24) is 19.2 Å². The molecule has 2 fully saturated rings. The molecule has 0 aliphatic carbocycles. The number of rotatable bonds is 3. The van der Waals surface area contributed by atoms with Gasteiger partial charge in [0.2, 0.25) is 0 Å². The molecular weight excluding hydrogens is 308 g/mol. The Morgan fingerprint density at radius 2 is 2.08 bits per heavy atom.